The van der Waals surface area contributed by atoms with E-state index in [0.717, 1.165) is 23.3 Å². The molecule has 1 aliphatic heterocycles. The van der Waals surface area contributed by atoms with Gasteiger partial charge in [-0.3, -0.25) is 4.79 Å². The molecule has 2 nitrogen and oxygen atoms in total. The van der Waals surface area contributed by atoms with E-state index in [4.69, 9.17) is 4.74 Å². The number of carbonyl (C=O) groups is 1. The third kappa shape index (κ3) is 1.31. The molecule has 0 bridgehead atoms. The first-order valence-electron chi connectivity index (χ1n) is 5.02. The molecule has 0 atom stereocenters. The predicted molar refractivity (Wildman–Crippen MR) is 55.0 cm³/mol. The molecule has 1 aliphatic rings. The first kappa shape index (κ1) is 9.25. The lowest BCUT2D eigenvalue weighted by Crippen LogP contribution is -2.17. The van der Waals surface area contributed by atoms with Crippen molar-refractivity contribution in [3.63, 3.8) is 0 Å². The molecule has 0 unspecified atom stereocenters. The minimum Gasteiger partial charge on any atom is -0.492 e. The van der Waals surface area contributed by atoms with E-state index in [-0.39, 0.29) is 5.78 Å². The van der Waals surface area contributed by atoms with E-state index in [1.54, 1.807) is 0 Å². The molecule has 0 N–H and O–H groups in total. The number of carbonyl (C=O) groups excluding carboxylic acids is 1. The average molecular weight is 190 g/mol. The lowest BCUT2D eigenvalue weighted by atomic mass is 9.93. The standard InChI is InChI=1S/C12H14O2/c1-3-9-8(2)4-5-11-12(9)10(13)6-7-14-11/h4-5H,3,6-7H2,1-2H3. The van der Waals surface area contributed by atoms with Crippen LogP contribution in [0.4, 0.5) is 0 Å². The predicted octanol–water partition coefficient (Wildman–Crippen LogP) is 2.52. The van der Waals surface area contributed by atoms with Crippen LogP contribution in [-0.2, 0) is 6.42 Å². The van der Waals surface area contributed by atoms with E-state index in [2.05, 4.69) is 6.92 Å². The van der Waals surface area contributed by atoms with Gasteiger partial charge in [0.2, 0.25) is 0 Å². The summed E-state index contributed by atoms with van der Waals surface area (Å²) in [6, 6.07) is 3.93. The summed E-state index contributed by atoms with van der Waals surface area (Å²) in [7, 11) is 0. The highest BCUT2D eigenvalue weighted by Crippen LogP contribution is 2.30. The van der Waals surface area contributed by atoms with E-state index in [1.807, 2.05) is 19.1 Å². The molecule has 1 heterocycles. The topological polar surface area (TPSA) is 26.3 Å². The number of hydrogen-bond acceptors (Lipinski definition) is 2. The number of ketones is 1. The molecule has 74 valence electrons. The van der Waals surface area contributed by atoms with Crippen LogP contribution in [0.3, 0.4) is 0 Å². The number of aryl methyl sites for hydroxylation is 1. The summed E-state index contributed by atoms with van der Waals surface area (Å²) >= 11 is 0. The van der Waals surface area contributed by atoms with Gasteiger partial charge in [0.1, 0.15) is 5.75 Å². The number of ether oxygens (including phenoxy) is 1. The molecule has 0 aromatic heterocycles. The molecular formula is C12H14O2. The fourth-order valence-electron chi connectivity index (χ4n) is 1.99. The SMILES string of the molecule is CCc1c(C)ccc2c1C(=O)CCO2. The van der Waals surface area contributed by atoms with Gasteiger partial charge in [-0.2, -0.15) is 0 Å². The Bertz CT molecular complexity index is 380. The van der Waals surface area contributed by atoms with Gasteiger partial charge in [-0.1, -0.05) is 13.0 Å². The van der Waals surface area contributed by atoms with E-state index in [9.17, 15) is 4.79 Å². The number of benzene rings is 1. The molecule has 14 heavy (non-hydrogen) atoms. The molecule has 1 aromatic carbocycles. The van der Waals surface area contributed by atoms with Gasteiger partial charge in [-0.25, -0.2) is 0 Å². The third-order valence-electron chi connectivity index (χ3n) is 2.73. The first-order chi connectivity index (χ1) is 6.74. The second-order valence-electron chi connectivity index (χ2n) is 3.61. The van der Waals surface area contributed by atoms with E-state index >= 15 is 0 Å². The van der Waals surface area contributed by atoms with Crippen molar-refractivity contribution < 1.29 is 9.53 Å². The Morgan fingerprint density at radius 2 is 2.21 bits per heavy atom. The van der Waals surface area contributed by atoms with Crippen molar-refractivity contribution in [2.45, 2.75) is 26.7 Å². The lowest BCUT2D eigenvalue weighted by molar-refractivity contribution is 0.0932. The highest BCUT2D eigenvalue weighted by molar-refractivity contribution is 6.01. The molecule has 2 heteroatoms. The van der Waals surface area contributed by atoms with Gasteiger partial charge in [-0.05, 0) is 30.5 Å². The molecule has 0 spiro atoms. The van der Waals surface area contributed by atoms with Crippen molar-refractivity contribution in [2.75, 3.05) is 6.61 Å². The smallest absolute Gasteiger partial charge is 0.170 e. The molecule has 0 radical (unpaired) electrons. The quantitative estimate of drug-likeness (QED) is 0.680. The fraction of sp³-hybridized carbons (Fsp3) is 0.417. The van der Waals surface area contributed by atoms with Gasteiger partial charge < -0.3 is 4.74 Å². The zero-order chi connectivity index (χ0) is 10.1. The molecule has 0 saturated carbocycles. The zero-order valence-electron chi connectivity index (χ0n) is 8.59. The Hall–Kier alpha value is -1.31. The third-order valence-corrected chi connectivity index (χ3v) is 2.73. The summed E-state index contributed by atoms with van der Waals surface area (Å²) in [6.07, 6.45) is 1.41. The van der Waals surface area contributed by atoms with Crippen LogP contribution in [0.1, 0.15) is 34.8 Å². The van der Waals surface area contributed by atoms with Crippen LogP contribution < -0.4 is 4.74 Å². The van der Waals surface area contributed by atoms with E-state index in [1.165, 1.54) is 5.56 Å². The normalized spacial score (nSPS) is 14.9. The number of rotatable bonds is 1. The van der Waals surface area contributed by atoms with Crippen molar-refractivity contribution in [3.8, 4) is 5.75 Å². The summed E-state index contributed by atoms with van der Waals surface area (Å²) < 4.78 is 5.47. The Balaban J connectivity index is 2.63. The molecule has 0 aliphatic carbocycles. The van der Waals surface area contributed by atoms with E-state index < -0.39 is 0 Å². The molecule has 0 fully saturated rings. The molecule has 1 aromatic rings. The second kappa shape index (κ2) is 3.45. The Morgan fingerprint density at radius 3 is 2.93 bits per heavy atom. The van der Waals surface area contributed by atoms with E-state index in [0.29, 0.717) is 13.0 Å². The molecule has 2 rings (SSSR count). The average Bonchev–Trinajstić information content (AvgIpc) is 2.19. The summed E-state index contributed by atoms with van der Waals surface area (Å²) in [6.45, 7) is 4.64. The summed E-state index contributed by atoms with van der Waals surface area (Å²) in [4.78, 5) is 11.7. The largest absolute Gasteiger partial charge is 0.492 e. The molecule has 0 amide bonds. The van der Waals surface area contributed by atoms with Crippen LogP contribution >= 0.6 is 0 Å². The second-order valence-corrected chi connectivity index (χ2v) is 3.61. The van der Waals surface area contributed by atoms with Crippen molar-refractivity contribution in [3.05, 3.63) is 28.8 Å². The van der Waals surface area contributed by atoms with Crippen molar-refractivity contribution in [1.29, 1.82) is 0 Å². The Labute approximate surface area is 83.9 Å². The van der Waals surface area contributed by atoms with Crippen LogP contribution in [0.5, 0.6) is 5.75 Å². The van der Waals surface area contributed by atoms with Crippen molar-refractivity contribution >= 4 is 5.78 Å². The molecular weight excluding hydrogens is 176 g/mol. The van der Waals surface area contributed by atoms with Gasteiger partial charge in [0, 0.05) is 6.42 Å². The monoisotopic (exact) mass is 190 g/mol. The summed E-state index contributed by atoms with van der Waals surface area (Å²) in [5, 5.41) is 0. The fourth-order valence-corrected chi connectivity index (χ4v) is 1.99. The Kier molecular flexibility index (Phi) is 2.28. The highest BCUT2D eigenvalue weighted by atomic mass is 16.5. The van der Waals surface area contributed by atoms with Crippen LogP contribution in [0.25, 0.3) is 0 Å². The zero-order valence-corrected chi connectivity index (χ0v) is 8.59. The van der Waals surface area contributed by atoms with Crippen molar-refractivity contribution in [2.24, 2.45) is 0 Å². The Morgan fingerprint density at radius 1 is 1.43 bits per heavy atom. The van der Waals surface area contributed by atoms with Crippen LogP contribution in [0, 0.1) is 6.92 Å². The maximum atomic E-state index is 11.7. The minimum absolute atomic E-state index is 0.229. The maximum Gasteiger partial charge on any atom is 0.170 e. The highest BCUT2D eigenvalue weighted by Gasteiger charge is 2.22. The van der Waals surface area contributed by atoms with Crippen molar-refractivity contribution in [1.82, 2.24) is 0 Å². The van der Waals surface area contributed by atoms with Gasteiger partial charge in [0.05, 0.1) is 12.2 Å². The van der Waals surface area contributed by atoms with Crippen LogP contribution in [0.15, 0.2) is 12.1 Å². The lowest BCUT2D eigenvalue weighted by Gasteiger charge is -2.20. The first-order valence-corrected chi connectivity index (χ1v) is 5.02. The number of fused-ring (bicyclic) bond motifs is 1. The maximum absolute atomic E-state index is 11.7. The van der Waals surface area contributed by atoms with Gasteiger partial charge >= 0.3 is 0 Å². The van der Waals surface area contributed by atoms with Crippen LogP contribution in [-0.4, -0.2) is 12.4 Å². The van der Waals surface area contributed by atoms with Gasteiger partial charge in [-0.15, -0.1) is 0 Å². The number of hydrogen-bond donors (Lipinski definition) is 0. The van der Waals surface area contributed by atoms with Gasteiger partial charge in [0.25, 0.3) is 0 Å². The minimum atomic E-state index is 0.229. The summed E-state index contributed by atoms with van der Waals surface area (Å²) in [5.41, 5.74) is 3.15. The number of Topliss-reactive ketones (excluding diaryl/α,β-unsaturated/α-hetero) is 1. The molecule has 0 saturated heterocycles. The van der Waals surface area contributed by atoms with Crippen LogP contribution in [0.2, 0.25) is 0 Å². The van der Waals surface area contributed by atoms with Gasteiger partial charge in [0.15, 0.2) is 5.78 Å². The summed E-state index contributed by atoms with van der Waals surface area (Å²) in [5.74, 6) is 0.996.